The summed E-state index contributed by atoms with van der Waals surface area (Å²) in [6.07, 6.45) is 2.04. The topological polar surface area (TPSA) is 94.6 Å². The molecule has 2 aromatic carbocycles. The second-order valence-electron chi connectivity index (χ2n) is 6.55. The van der Waals surface area contributed by atoms with Crippen molar-refractivity contribution >= 4 is 50.7 Å². The number of methoxy groups -OCH3 is 1. The quantitative estimate of drug-likeness (QED) is 0.448. The monoisotopic (exact) mass is 536 g/mol. The zero-order valence-electron chi connectivity index (χ0n) is 16.8. The molecule has 174 valence electrons. The van der Waals surface area contributed by atoms with E-state index in [1.807, 2.05) is 0 Å². The molecule has 0 saturated heterocycles. The van der Waals surface area contributed by atoms with Crippen molar-refractivity contribution in [3.8, 4) is 28.5 Å². The molecule has 0 fully saturated rings. The Hall–Kier alpha value is -2.66. The predicted molar refractivity (Wildman–Crippen MR) is 120 cm³/mol. The highest BCUT2D eigenvalue weighted by Crippen LogP contribution is 2.40. The fraction of sp³-hybridized carbons (Fsp3) is 0.100. The van der Waals surface area contributed by atoms with Gasteiger partial charge in [-0.3, -0.25) is 4.79 Å². The Bertz CT molecular complexity index is 1350. The van der Waals surface area contributed by atoms with Crippen LogP contribution in [0.25, 0.3) is 11.1 Å². The lowest BCUT2D eigenvalue weighted by Gasteiger charge is -2.14. The Morgan fingerprint density at radius 1 is 1.03 bits per heavy atom. The van der Waals surface area contributed by atoms with Crippen LogP contribution in [0.2, 0.25) is 15.1 Å². The zero-order chi connectivity index (χ0) is 24.5. The number of ether oxygens (including phenoxy) is 2. The van der Waals surface area contributed by atoms with Crippen LogP contribution in [0.4, 0.5) is 8.78 Å². The number of benzene rings is 2. The van der Waals surface area contributed by atoms with E-state index in [2.05, 4.69) is 4.98 Å². The van der Waals surface area contributed by atoms with Gasteiger partial charge in [0, 0.05) is 17.3 Å². The highest BCUT2D eigenvalue weighted by atomic mass is 35.5. The number of hydrogen-bond acceptors (Lipinski definition) is 6. The molecule has 13 heteroatoms. The van der Waals surface area contributed by atoms with Crippen LogP contribution in [0.5, 0.6) is 17.4 Å². The summed E-state index contributed by atoms with van der Waals surface area (Å²) in [4.78, 5) is 16.1. The van der Waals surface area contributed by atoms with Crippen LogP contribution in [0.3, 0.4) is 0 Å². The predicted octanol–water partition coefficient (Wildman–Crippen LogP) is 5.48. The van der Waals surface area contributed by atoms with Gasteiger partial charge in [0.2, 0.25) is 15.9 Å². The summed E-state index contributed by atoms with van der Waals surface area (Å²) in [6, 6.07) is 5.39. The summed E-state index contributed by atoms with van der Waals surface area (Å²) in [5, 5.41) is -0.229. The number of carbonyl (C=O) groups excluding carboxylic acids is 1. The molecular formula is C20H13Cl3F2N2O5S. The zero-order valence-corrected chi connectivity index (χ0v) is 19.8. The Morgan fingerprint density at radius 2 is 1.67 bits per heavy atom. The van der Waals surface area contributed by atoms with Gasteiger partial charge in [-0.15, -0.1) is 0 Å². The van der Waals surface area contributed by atoms with Gasteiger partial charge in [-0.25, -0.2) is 26.9 Å². The maximum Gasteiger partial charge on any atom is 0.267 e. The normalized spacial score (nSPS) is 11.2. The van der Waals surface area contributed by atoms with Crippen molar-refractivity contribution in [2.45, 2.75) is 0 Å². The second kappa shape index (κ2) is 9.68. The molecule has 1 aromatic heterocycles. The van der Waals surface area contributed by atoms with Crippen molar-refractivity contribution in [1.29, 1.82) is 0 Å². The Labute approximate surface area is 202 Å². The molecule has 0 aliphatic carbocycles. The van der Waals surface area contributed by atoms with E-state index in [1.165, 1.54) is 19.4 Å². The number of sulfonamides is 1. The third-order valence-electron chi connectivity index (χ3n) is 4.09. The second-order valence-corrected chi connectivity index (χ2v) is 9.52. The van der Waals surface area contributed by atoms with Gasteiger partial charge in [-0.2, -0.15) is 0 Å². The first-order valence-corrected chi connectivity index (χ1v) is 11.8. The number of amides is 1. The molecule has 0 unspecified atom stereocenters. The number of aromatic nitrogens is 1. The van der Waals surface area contributed by atoms with Crippen LogP contribution >= 0.6 is 34.8 Å². The minimum absolute atomic E-state index is 0.0229. The number of hydrogen-bond donors (Lipinski definition) is 1. The summed E-state index contributed by atoms with van der Waals surface area (Å²) in [5.74, 6) is -2.95. The molecule has 0 bridgehead atoms. The molecule has 0 aliphatic rings. The fourth-order valence-corrected chi connectivity index (χ4v) is 3.91. The lowest BCUT2D eigenvalue weighted by Crippen LogP contribution is -2.30. The lowest BCUT2D eigenvalue weighted by molar-refractivity contribution is 0.0977. The van der Waals surface area contributed by atoms with E-state index >= 15 is 0 Å². The van der Waals surface area contributed by atoms with E-state index in [0.717, 1.165) is 30.5 Å². The highest BCUT2D eigenvalue weighted by Gasteiger charge is 2.21. The molecule has 1 amide bonds. The van der Waals surface area contributed by atoms with Gasteiger partial charge in [0.1, 0.15) is 22.4 Å². The molecule has 0 spiro atoms. The number of halogens is 5. The van der Waals surface area contributed by atoms with Crippen molar-refractivity contribution in [3.05, 3.63) is 68.8 Å². The molecule has 33 heavy (non-hydrogen) atoms. The first-order chi connectivity index (χ1) is 15.4. The van der Waals surface area contributed by atoms with Crippen LogP contribution in [0.15, 0.2) is 36.5 Å². The minimum Gasteiger partial charge on any atom is -0.496 e. The van der Waals surface area contributed by atoms with Crippen LogP contribution in [-0.2, 0) is 10.0 Å². The van der Waals surface area contributed by atoms with Gasteiger partial charge in [-0.05, 0) is 30.3 Å². The van der Waals surface area contributed by atoms with Crippen LogP contribution in [0.1, 0.15) is 10.4 Å². The number of nitrogens with one attached hydrogen (secondary N) is 1. The van der Waals surface area contributed by atoms with Gasteiger partial charge in [0.15, 0.2) is 5.75 Å². The van der Waals surface area contributed by atoms with Crippen LogP contribution < -0.4 is 14.2 Å². The Morgan fingerprint density at radius 3 is 2.21 bits per heavy atom. The summed E-state index contributed by atoms with van der Waals surface area (Å²) in [5.41, 5.74) is -0.0835. The molecule has 1 N–H and O–H groups in total. The molecule has 0 aliphatic heterocycles. The number of carbonyl (C=O) groups is 1. The molecule has 1 heterocycles. The van der Waals surface area contributed by atoms with Crippen molar-refractivity contribution in [3.63, 3.8) is 0 Å². The van der Waals surface area contributed by atoms with Crippen molar-refractivity contribution in [2.24, 2.45) is 0 Å². The third kappa shape index (κ3) is 5.83. The van der Waals surface area contributed by atoms with E-state index < -0.39 is 33.1 Å². The SMILES string of the molecule is COc1cc(C(=O)NS(C)(=O)=O)c(F)cc1-c1cnc(Oc2c(Cl)cc(F)cc2Cl)c(Cl)c1. The van der Waals surface area contributed by atoms with Gasteiger partial charge >= 0.3 is 0 Å². The maximum absolute atomic E-state index is 14.6. The lowest BCUT2D eigenvalue weighted by atomic mass is 10.0. The summed E-state index contributed by atoms with van der Waals surface area (Å²) >= 11 is 18.1. The van der Waals surface area contributed by atoms with E-state index in [4.69, 9.17) is 44.3 Å². The molecule has 7 nitrogen and oxygen atoms in total. The van der Waals surface area contributed by atoms with Gasteiger partial charge in [0.25, 0.3) is 5.91 Å². The average molecular weight is 538 g/mol. The highest BCUT2D eigenvalue weighted by molar-refractivity contribution is 7.89. The van der Waals surface area contributed by atoms with Gasteiger partial charge in [-0.1, -0.05) is 34.8 Å². The van der Waals surface area contributed by atoms with Gasteiger partial charge in [0.05, 0.1) is 29.0 Å². The summed E-state index contributed by atoms with van der Waals surface area (Å²) < 4.78 is 62.9. The van der Waals surface area contributed by atoms with Crippen molar-refractivity contribution in [1.82, 2.24) is 9.71 Å². The largest absolute Gasteiger partial charge is 0.496 e. The summed E-state index contributed by atoms with van der Waals surface area (Å²) in [7, 11) is -2.63. The van der Waals surface area contributed by atoms with Gasteiger partial charge < -0.3 is 9.47 Å². The smallest absolute Gasteiger partial charge is 0.267 e. The first-order valence-electron chi connectivity index (χ1n) is 8.77. The molecule has 0 saturated carbocycles. The van der Waals surface area contributed by atoms with E-state index in [9.17, 15) is 22.0 Å². The summed E-state index contributed by atoms with van der Waals surface area (Å²) in [6.45, 7) is 0. The molecule has 3 rings (SSSR count). The average Bonchev–Trinajstić information content (AvgIpc) is 2.70. The number of rotatable bonds is 6. The Kier molecular flexibility index (Phi) is 7.32. The Balaban J connectivity index is 1.98. The van der Waals surface area contributed by atoms with Crippen molar-refractivity contribution in [2.75, 3.05) is 13.4 Å². The number of pyridine rings is 1. The van der Waals surface area contributed by atoms with E-state index in [-0.39, 0.29) is 43.6 Å². The minimum atomic E-state index is -3.90. The molecule has 0 radical (unpaired) electrons. The fourth-order valence-electron chi connectivity index (χ4n) is 2.72. The third-order valence-corrected chi connectivity index (χ3v) is 5.48. The molecular weight excluding hydrogens is 525 g/mol. The maximum atomic E-state index is 14.6. The number of nitrogens with zero attached hydrogens (tertiary/aromatic N) is 1. The first kappa shape index (κ1) is 25.0. The van der Waals surface area contributed by atoms with E-state index in [0.29, 0.717) is 0 Å². The van der Waals surface area contributed by atoms with Crippen LogP contribution in [-0.4, -0.2) is 32.7 Å². The molecule has 0 atom stereocenters. The van der Waals surface area contributed by atoms with Crippen molar-refractivity contribution < 1.29 is 31.5 Å². The van der Waals surface area contributed by atoms with Crippen LogP contribution in [0, 0.1) is 11.6 Å². The molecule has 3 aromatic rings. The standard InChI is InChI=1S/C20H13Cl3F2N2O5S/c1-31-17-7-12(19(28)27-33(2,29)30)16(25)6-11(17)9-3-15(23)20(26-8-9)32-18-13(21)4-10(24)5-14(18)22/h3-8H,1-2H3,(H,27,28). The van der Waals surface area contributed by atoms with E-state index in [1.54, 1.807) is 4.72 Å².